The summed E-state index contributed by atoms with van der Waals surface area (Å²) in [6.45, 7) is 3.03. The Labute approximate surface area is 147 Å². The highest BCUT2D eigenvalue weighted by Crippen LogP contribution is 2.38. The number of hydrazine groups is 2. The number of aromatic nitrogens is 1. The van der Waals surface area contributed by atoms with E-state index in [2.05, 4.69) is 16.9 Å². The van der Waals surface area contributed by atoms with E-state index in [9.17, 15) is 4.39 Å². The highest BCUT2D eigenvalue weighted by molar-refractivity contribution is 5.84. The van der Waals surface area contributed by atoms with E-state index in [-0.39, 0.29) is 11.9 Å². The predicted octanol–water partition coefficient (Wildman–Crippen LogP) is 3.25. The van der Waals surface area contributed by atoms with Gasteiger partial charge in [-0.1, -0.05) is 6.92 Å². The molecule has 0 radical (unpaired) electrons. The summed E-state index contributed by atoms with van der Waals surface area (Å²) in [5.41, 5.74) is 0.760. The van der Waals surface area contributed by atoms with Crippen LogP contribution in [0.25, 0.3) is 10.9 Å². The van der Waals surface area contributed by atoms with Crippen LogP contribution in [0.5, 0.6) is 5.75 Å². The zero-order valence-corrected chi connectivity index (χ0v) is 14.6. The van der Waals surface area contributed by atoms with Gasteiger partial charge in [0, 0.05) is 43.1 Å². The van der Waals surface area contributed by atoms with E-state index in [4.69, 9.17) is 10.6 Å². The Kier molecular flexibility index (Phi) is 4.58. The monoisotopic (exact) mass is 344 g/mol. The third-order valence-corrected chi connectivity index (χ3v) is 5.36. The van der Waals surface area contributed by atoms with Crippen LogP contribution in [-0.2, 0) is 0 Å². The predicted molar refractivity (Wildman–Crippen MR) is 95.2 cm³/mol. The quantitative estimate of drug-likeness (QED) is 0.666. The molecule has 2 fully saturated rings. The molecule has 5 nitrogen and oxygen atoms in total. The minimum Gasteiger partial charge on any atom is -0.490 e. The Hall–Kier alpha value is -1.76. The maximum atomic E-state index is 13.6. The van der Waals surface area contributed by atoms with Gasteiger partial charge in [-0.05, 0) is 43.5 Å². The number of nitrogens with zero attached hydrogens (tertiary/aromatic N) is 3. The number of hydrogen-bond acceptors (Lipinski definition) is 5. The van der Waals surface area contributed by atoms with Crippen LogP contribution in [0.2, 0.25) is 0 Å². The number of benzene rings is 1. The Balaban J connectivity index is 1.51. The summed E-state index contributed by atoms with van der Waals surface area (Å²) in [4.78, 5) is 4.30. The van der Waals surface area contributed by atoms with Crippen molar-refractivity contribution >= 4 is 10.9 Å². The van der Waals surface area contributed by atoms with Gasteiger partial charge >= 0.3 is 0 Å². The third-order valence-electron chi connectivity index (χ3n) is 5.36. The first-order valence-corrected chi connectivity index (χ1v) is 9.17. The summed E-state index contributed by atoms with van der Waals surface area (Å²) >= 11 is 0. The summed E-state index contributed by atoms with van der Waals surface area (Å²) < 4.78 is 19.9. The average Bonchev–Trinajstić information content (AvgIpc) is 2.87. The Morgan fingerprint density at radius 3 is 2.76 bits per heavy atom. The van der Waals surface area contributed by atoms with Crippen molar-refractivity contribution in [3.8, 4) is 5.75 Å². The second-order valence-corrected chi connectivity index (χ2v) is 7.11. The smallest absolute Gasteiger partial charge is 0.130 e. The number of rotatable bonds is 5. The van der Waals surface area contributed by atoms with E-state index in [0.29, 0.717) is 12.1 Å². The molecule has 0 aliphatic carbocycles. The maximum absolute atomic E-state index is 13.6. The van der Waals surface area contributed by atoms with Crippen molar-refractivity contribution in [3.05, 3.63) is 36.3 Å². The molecule has 2 N–H and O–H groups in total. The largest absolute Gasteiger partial charge is 0.490 e. The summed E-state index contributed by atoms with van der Waals surface area (Å²) in [6.07, 6.45) is 7.13. The topological polar surface area (TPSA) is 54.6 Å². The highest BCUT2D eigenvalue weighted by Gasteiger charge is 2.43. The van der Waals surface area contributed by atoms with Crippen LogP contribution in [0.3, 0.4) is 0 Å². The number of halogens is 1. The summed E-state index contributed by atoms with van der Waals surface area (Å²) in [7, 11) is 0. The normalized spacial score (nSPS) is 26.5. The van der Waals surface area contributed by atoms with Gasteiger partial charge < -0.3 is 4.74 Å². The summed E-state index contributed by atoms with van der Waals surface area (Å²) in [6, 6.07) is 7.34. The van der Waals surface area contributed by atoms with Crippen LogP contribution < -0.4 is 10.6 Å². The number of piperidine rings is 1. The highest BCUT2D eigenvalue weighted by atomic mass is 19.1. The molecule has 25 heavy (non-hydrogen) atoms. The average molecular weight is 344 g/mol. The van der Waals surface area contributed by atoms with E-state index in [0.717, 1.165) is 55.3 Å². The van der Waals surface area contributed by atoms with Crippen molar-refractivity contribution in [3.63, 3.8) is 0 Å². The fourth-order valence-corrected chi connectivity index (χ4v) is 4.34. The van der Waals surface area contributed by atoms with Crippen molar-refractivity contribution < 1.29 is 9.13 Å². The summed E-state index contributed by atoms with van der Waals surface area (Å²) in [5, 5.41) is 4.99. The zero-order valence-electron chi connectivity index (χ0n) is 14.6. The van der Waals surface area contributed by atoms with Crippen LogP contribution in [0.15, 0.2) is 30.5 Å². The van der Waals surface area contributed by atoms with Crippen LogP contribution in [0.4, 0.5) is 4.39 Å². The molecule has 2 aliphatic rings. The van der Waals surface area contributed by atoms with Gasteiger partial charge in [-0.15, -0.1) is 0 Å². The summed E-state index contributed by atoms with van der Waals surface area (Å²) in [5.74, 6) is 6.69. The van der Waals surface area contributed by atoms with Crippen molar-refractivity contribution in [1.82, 2.24) is 15.1 Å². The molecular weight excluding hydrogens is 319 g/mol. The first-order chi connectivity index (χ1) is 12.2. The molecule has 1 aromatic heterocycles. The molecule has 2 unspecified atom stereocenters. The van der Waals surface area contributed by atoms with Crippen molar-refractivity contribution in [2.45, 2.75) is 57.2 Å². The van der Waals surface area contributed by atoms with Gasteiger partial charge in [-0.3, -0.25) is 10.8 Å². The van der Waals surface area contributed by atoms with Crippen molar-refractivity contribution in [2.24, 2.45) is 5.84 Å². The fraction of sp³-hybridized carbons (Fsp3) is 0.526. The number of ether oxygens (including phenoxy) is 1. The Bertz CT molecular complexity index is 741. The van der Waals surface area contributed by atoms with E-state index in [1.54, 1.807) is 12.3 Å². The molecule has 0 saturated carbocycles. The van der Waals surface area contributed by atoms with Gasteiger partial charge in [-0.25, -0.2) is 9.40 Å². The van der Waals surface area contributed by atoms with Crippen molar-refractivity contribution in [2.75, 3.05) is 6.54 Å². The zero-order chi connectivity index (χ0) is 17.4. The van der Waals surface area contributed by atoms with E-state index in [1.165, 1.54) is 12.1 Å². The van der Waals surface area contributed by atoms with Crippen LogP contribution in [-0.4, -0.2) is 39.8 Å². The molecule has 2 aromatic rings. The Morgan fingerprint density at radius 2 is 2.04 bits per heavy atom. The molecule has 0 amide bonds. The van der Waals surface area contributed by atoms with Gasteiger partial charge in [0.25, 0.3) is 0 Å². The molecule has 6 heteroatoms. The fourth-order valence-electron chi connectivity index (χ4n) is 4.34. The minimum atomic E-state index is -0.265. The first-order valence-electron chi connectivity index (χ1n) is 9.17. The minimum absolute atomic E-state index is 0.137. The number of hydrogen-bond donors (Lipinski definition) is 1. The lowest BCUT2D eigenvalue weighted by Gasteiger charge is -2.43. The molecule has 1 aromatic carbocycles. The van der Waals surface area contributed by atoms with Gasteiger partial charge in [0.15, 0.2) is 0 Å². The van der Waals surface area contributed by atoms with Crippen LogP contribution in [0, 0.1) is 5.82 Å². The van der Waals surface area contributed by atoms with E-state index < -0.39 is 0 Å². The molecule has 2 saturated heterocycles. The Morgan fingerprint density at radius 1 is 1.28 bits per heavy atom. The second kappa shape index (κ2) is 6.86. The van der Waals surface area contributed by atoms with Crippen LogP contribution in [0.1, 0.15) is 39.0 Å². The van der Waals surface area contributed by atoms with Crippen molar-refractivity contribution in [1.29, 1.82) is 0 Å². The van der Waals surface area contributed by atoms with Gasteiger partial charge in [-0.2, -0.15) is 5.12 Å². The second-order valence-electron chi connectivity index (χ2n) is 7.11. The van der Waals surface area contributed by atoms with Gasteiger partial charge in [0.2, 0.25) is 0 Å². The van der Waals surface area contributed by atoms with E-state index >= 15 is 0 Å². The maximum Gasteiger partial charge on any atom is 0.130 e. The lowest BCUT2D eigenvalue weighted by molar-refractivity contribution is -0.107. The molecule has 4 rings (SSSR count). The molecular formula is C19H25FN4O. The molecule has 3 heterocycles. The molecule has 134 valence electrons. The SMILES string of the molecule is CCCN(N)N1C2CCC1CC(Oc1ccnc3ccc(F)cc13)C2. The number of fused-ring (bicyclic) bond motifs is 3. The first kappa shape index (κ1) is 16.7. The number of pyridine rings is 1. The number of nitrogens with two attached hydrogens (primary N) is 1. The molecule has 0 spiro atoms. The van der Waals surface area contributed by atoms with Crippen LogP contribution >= 0.6 is 0 Å². The molecule has 2 bridgehead atoms. The van der Waals surface area contributed by atoms with E-state index in [1.807, 2.05) is 11.2 Å². The lowest BCUT2D eigenvalue weighted by Crippen LogP contribution is -2.57. The molecule has 2 atom stereocenters. The standard InChI is InChI=1S/C19H25FN4O/c1-2-9-23(21)24-14-4-5-15(24)12-16(11-14)25-19-7-8-22-18-6-3-13(20)10-17(18)19/h3,6-8,10,14-16H,2,4-5,9,11-12,21H2,1H3. The lowest BCUT2D eigenvalue weighted by atomic mass is 10.0. The third kappa shape index (κ3) is 3.21. The molecule has 2 aliphatic heterocycles. The van der Waals surface area contributed by atoms with Gasteiger partial charge in [0.05, 0.1) is 5.52 Å². The van der Waals surface area contributed by atoms with Gasteiger partial charge in [0.1, 0.15) is 17.7 Å².